The summed E-state index contributed by atoms with van der Waals surface area (Å²) in [4.78, 5) is 24.7. The van der Waals surface area contributed by atoms with Crippen LogP contribution in [0.5, 0.6) is 0 Å². The molecule has 23 heavy (non-hydrogen) atoms. The summed E-state index contributed by atoms with van der Waals surface area (Å²) >= 11 is 0. The van der Waals surface area contributed by atoms with Gasteiger partial charge in [0.1, 0.15) is 0 Å². The van der Waals surface area contributed by atoms with Gasteiger partial charge in [-0.1, -0.05) is 18.2 Å². The van der Waals surface area contributed by atoms with Gasteiger partial charge in [-0.3, -0.25) is 14.7 Å². The highest BCUT2D eigenvalue weighted by Gasteiger charge is 2.22. The summed E-state index contributed by atoms with van der Waals surface area (Å²) in [5.74, 6) is 0.203. The van der Waals surface area contributed by atoms with Gasteiger partial charge in [0.15, 0.2) is 0 Å². The first-order valence-electron chi connectivity index (χ1n) is 7.78. The fourth-order valence-electron chi connectivity index (χ4n) is 3.40. The number of anilines is 1. The van der Waals surface area contributed by atoms with Gasteiger partial charge >= 0.3 is 0 Å². The average Bonchev–Trinajstić information content (AvgIpc) is 2.84. The van der Waals surface area contributed by atoms with Crippen molar-refractivity contribution >= 4 is 16.9 Å². The number of nitrogens with zero attached hydrogens (tertiary/aromatic N) is 2. The van der Waals surface area contributed by atoms with E-state index >= 15 is 0 Å². The van der Waals surface area contributed by atoms with Crippen molar-refractivity contribution in [3.8, 4) is 0 Å². The Balaban J connectivity index is 1.65. The quantitative estimate of drug-likeness (QED) is 0.672. The first kappa shape index (κ1) is 14.0. The summed E-state index contributed by atoms with van der Waals surface area (Å²) in [6.45, 7) is 4.40. The highest BCUT2D eigenvalue weighted by atomic mass is 16.1. The number of aryl methyl sites for hydroxylation is 1. The lowest BCUT2D eigenvalue weighted by Gasteiger charge is -2.27. The van der Waals surface area contributed by atoms with E-state index in [0.29, 0.717) is 6.54 Å². The molecule has 0 saturated heterocycles. The van der Waals surface area contributed by atoms with Crippen LogP contribution in [0.4, 0.5) is 5.95 Å². The van der Waals surface area contributed by atoms with Crippen LogP contribution in [0.2, 0.25) is 0 Å². The minimum atomic E-state index is -0.118. The molecule has 3 heterocycles. The summed E-state index contributed by atoms with van der Waals surface area (Å²) in [5.41, 5.74) is 10.7. The van der Waals surface area contributed by atoms with Crippen LogP contribution in [0, 0.1) is 6.92 Å². The van der Waals surface area contributed by atoms with Crippen molar-refractivity contribution in [3.05, 3.63) is 57.1 Å². The largest absolute Gasteiger partial charge is 0.369 e. The van der Waals surface area contributed by atoms with E-state index in [9.17, 15) is 4.79 Å². The van der Waals surface area contributed by atoms with Crippen LogP contribution in [0.3, 0.4) is 0 Å². The van der Waals surface area contributed by atoms with Crippen LogP contribution in [-0.4, -0.2) is 26.4 Å². The molecule has 0 spiro atoms. The van der Waals surface area contributed by atoms with Crippen molar-refractivity contribution in [2.45, 2.75) is 26.4 Å². The van der Waals surface area contributed by atoms with Gasteiger partial charge in [0, 0.05) is 42.7 Å². The number of aromatic amines is 2. The number of nitrogen functional groups attached to an aromatic ring is 1. The maximum absolute atomic E-state index is 12.1. The second-order valence-electron chi connectivity index (χ2n) is 6.11. The van der Waals surface area contributed by atoms with Gasteiger partial charge in [0.2, 0.25) is 5.95 Å². The molecule has 4 rings (SSSR count). The number of hydrogen-bond acceptors (Lipinski definition) is 4. The summed E-state index contributed by atoms with van der Waals surface area (Å²) in [6.07, 6.45) is 0.755. The molecule has 0 fully saturated rings. The van der Waals surface area contributed by atoms with E-state index in [1.165, 1.54) is 16.6 Å². The Kier molecular flexibility index (Phi) is 3.20. The van der Waals surface area contributed by atoms with Crippen LogP contribution < -0.4 is 11.3 Å². The molecule has 4 N–H and O–H groups in total. The Morgan fingerprint density at radius 2 is 2.13 bits per heavy atom. The zero-order chi connectivity index (χ0) is 16.0. The third-order valence-electron chi connectivity index (χ3n) is 4.57. The molecule has 0 amide bonds. The lowest BCUT2D eigenvalue weighted by Crippen LogP contribution is -2.35. The third kappa shape index (κ3) is 2.41. The van der Waals surface area contributed by atoms with Crippen LogP contribution in [0.25, 0.3) is 10.9 Å². The van der Waals surface area contributed by atoms with Crippen molar-refractivity contribution in [2.75, 3.05) is 12.3 Å². The third-order valence-corrected chi connectivity index (χ3v) is 4.57. The maximum Gasteiger partial charge on any atom is 0.257 e. The average molecular weight is 309 g/mol. The predicted molar refractivity (Wildman–Crippen MR) is 90.1 cm³/mol. The molecule has 3 aromatic rings. The van der Waals surface area contributed by atoms with Gasteiger partial charge in [-0.25, -0.2) is 4.98 Å². The zero-order valence-corrected chi connectivity index (χ0v) is 13.0. The minimum Gasteiger partial charge on any atom is -0.369 e. The van der Waals surface area contributed by atoms with E-state index in [1.807, 2.05) is 6.07 Å². The van der Waals surface area contributed by atoms with Crippen LogP contribution in [-0.2, 0) is 19.5 Å². The first-order valence-corrected chi connectivity index (χ1v) is 7.78. The molecular formula is C17H19N5O. The SMILES string of the molecule is Cc1[nH]c2ccccc2c1CN1CCc2nc(N)[nH]c(=O)c2C1. The molecular weight excluding hydrogens is 290 g/mol. The van der Waals surface area contributed by atoms with Gasteiger partial charge in [0.25, 0.3) is 5.56 Å². The van der Waals surface area contributed by atoms with Crippen molar-refractivity contribution in [1.82, 2.24) is 19.9 Å². The molecule has 0 radical (unpaired) electrons. The minimum absolute atomic E-state index is 0.118. The molecule has 6 heteroatoms. The number of benzene rings is 1. The van der Waals surface area contributed by atoms with Gasteiger partial charge in [-0.2, -0.15) is 0 Å². The molecule has 0 bridgehead atoms. The highest BCUT2D eigenvalue weighted by Crippen LogP contribution is 2.25. The Labute approximate surface area is 133 Å². The maximum atomic E-state index is 12.1. The summed E-state index contributed by atoms with van der Waals surface area (Å²) in [7, 11) is 0. The fraction of sp³-hybridized carbons (Fsp3) is 0.294. The lowest BCUT2D eigenvalue weighted by molar-refractivity contribution is 0.242. The number of hydrogen-bond donors (Lipinski definition) is 3. The van der Waals surface area contributed by atoms with Gasteiger partial charge in [-0.15, -0.1) is 0 Å². The number of nitrogens with one attached hydrogen (secondary N) is 2. The van der Waals surface area contributed by atoms with Crippen LogP contribution in [0.15, 0.2) is 29.1 Å². The number of rotatable bonds is 2. The molecule has 1 aliphatic rings. The Hall–Kier alpha value is -2.60. The summed E-state index contributed by atoms with van der Waals surface area (Å²) in [6, 6.07) is 8.33. The van der Waals surface area contributed by atoms with Crippen molar-refractivity contribution in [3.63, 3.8) is 0 Å². The van der Waals surface area contributed by atoms with Crippen molar-refractivity contribution in [2.24, 2.45) is 0 Å². The Bertz CT molecular complexity index is 940. The number of aromatic nitrogens is 3. The first-order chi connectivity index (χ1) is 11.1. The van der Waals surface area contributed by atoms with Gasteiger partial charge in [0.05, 0.1) is 11.3 Å². The number of fused-ring (bicyclic) bond motifs is 2. The molecule has 1 aromatic carbocycles. The molecule has 0 atom stereocenters. The lowest BCUT2D eigenvalue weighted by atomic mass is 10.0. The molecule has 0 unspecified atom stereocenters. The van der Waals surface area contributed by atoms with Crippen LogP contribution in [0.1, 0.15) is 22.5 Å². The topological polar surface area (TPSA) is 90.8 Å². The second-order valence-corrected chi connectivity index (χ2v) is 6.11. The van der Waals surface area contributed by atoms with E-state index in [1.54, 1.807) is 0 Å². The number of H-pyrrole nitrogens is 2. The molecule has 0 saturated carbocycles. The van der Waals surface area contributed by atoms with Crippen molar-refractivity contribution < 1.29 is 0 Å². The Morgan fingerprint density at radius 3 is 3.00 bits per heavy atom. The van der Waals surface area contributed by atoms with E-state index in [2.05, 4.69) is 45.0 Å². The summed E-state index contributed by atoms with van der Waals surface area (Å²) < 4.78 is 0. The number of para-hydroxylation sites is 1. The fourth-order valence-corrected chi connectivity index (χ4v) is 3.40. The van der Waals surface area contributed by atoms with Gasteiger partial charge in [-0.05, 0) is 18.6 Å². The normalized spacial score (nSPS) is 15.0. The van der Waals surface area contributed by atoms with Crippen LogP contribution >= 0.6 is 0 Å². The van der Waals surface area contributed by atoms with E-state index in [4.69, 9.17) is 5.73 Å². The number of nitrogens with two attached hydrogens (primary N) is 1. The zero-order valence-electron chi connectivity index (χ0n) is 13.0. The highest BCUT2D eigenvalue weighted by molar-refractivity contribution is 5.84. The molecule has 118 valence electrons. The Morgan fingerprint density at radius 1 is 1.30 bits per heavy atom. The van der Waals surface area contributed by atoms with E-state index in [0.717, 1.165) is 36.3 Å². The molecule has 0 aliphatic carbocycles. The molecule has 1 aliphatic heterocycles. The van der Waals surface area contributed by atoms with E-state index < -0.39 is 0 Å². The van der Waals surface area contributed by atoms with Gasteiger partial charge < -0.3 is 10.7 Å². The van der Waals surface area contributed by atoms with Crippen molar-refractivity contribution in [1.29, 1.82) is 0 Å². The second kappa shape index (κ2) is 5.24. The predicted octanol–water partition coefficient (Wildman–Crippen LogP) is 1.70. The molecule has 2 aromatic heterocycles. The summed E-state index contributed by atoms with van der Waals surface area (Å²) in [5, 5.41) is 1.25. The monoisotopic (exact) mass is 309 g/mol. The standard InChI is InChI=1S/C17H19N5O/c1-10-12(11-4-2-3-5-14(11)19-10)8-22-7-6-15-13(9-22)16(23)21-17(18)20-15/h2-5,19H,6-9H2,1H3,(H3,18,20,21,23). The smallest absolute Gasteiger partial charge is 0.257 e. The molecule has 6 nitrogen and oxygen atoms in total. The van der Waals surface area contributed by atoms with E-state index in [-0.39, 0.29) is 11.5 Å².